The third kappa shape index (κ3) is 3.59. The zero-order chi connectivity index (χ0) is 12.3. The van der Waals surface area contributed by atoms with Gasteiger partial charge in [-0.25, -0.2) is 4.98 Å². The van der Waals surface area contributed by atoms with Gasteiger partial charge in [-0.15, -0.1) is 11.3 Å². The van der Waals surface area contributed by atoms with Gasteiger partial charge in [0.2, 0.25) is 0 Å². The molecular weight excluding hydrogens is 322 g/mol. The summed E-state index contributed by atoms with van der Waals surface area (Å²) >= 11 is 11.2. The number of hydrogen-bond acceptors (Lipinski definition) is 4. The Morgan fingerprint density at radius 3 is 2.94 bits per heavy atom. The van der Waals surface area contributed by atoms with Gasteiger partial charge in [0.05, 0.1) is 20.7 Å². The largest absolute Gasteiger partial charge is 0.397 e. The molecule has 0 aliphatic carbocycles. The lowest BCUT2D eigenvalue weighted by Gasteiger charge is -2.06. The predicted molar refractivity (Wildman–Crippen MR) is 77.9 cm³/mol. The van der Waals surface area contributed by atoms with Crippen molar-refractivity contribution >= 4 is 50.4 Å². The topological polar surface area (TPSA) is 50.9 Å². The second kappa shape index (κ2) is 5.71. The smallest absolute Gasteiger partial charge is 0.144 e. The van der Waals surface area contributed by atoms with Gasteiger partial charge in [0.25, 0.3) is 0 Å². The molecule has 0 bridgehead atoms. The standard InChI is InChI=1S/C11H11BrClN3S/c12-10-2-1-8(17-10)3-4-15-11-9(13)5-7(14)6-16-11/h1-2,5-6H,3-4,14H2,(H,15,16). The summed E-state index contributed by atoms with van der Waals surface area (Å²) in [6, 6.07) is 5.85. The average molecular weight is 333 g/mol. The van der Waals surface area contributed by atoms with Gasteiger partial charge in [0, 0.05) is 11.4 Å². The van der Waals surface area contributed by atoms with Crippen molar-refractivity contribution in [3.05, 3.63) is 38.1 Å². The van der Waals surface area contributed by atoms with Gasteiger partial charge >= 0.3 is 0 Å². The van der Waals surface area contributed by atoms with Crippen LogP contribution in [0.25, 0.3) is 0 Å². The van der Waals surface area contributed by atoms with Crippen molar-refractivity contribution in [1.82, 2.24) is 4.98 Å². The molecule has 0 saturated carbocycles. The lowest BCUT2D eigenvalue weighted by atomic mass is 10.3. The molecule has 3 N–H and O–H groups in total. The van der Waals surface area contributed by atoms with Crippen LogP contribution in [0.1, 0.15) is 4.88 Å². The predicted octanol–water partition coefficient (Wildman–Crippen LogP) is 3.80. The second-order valence-electron chi connectivity index (χ2n) is 3.48. The van der Waals surface area contributed by atoms with Crippen molar-refractivity contribution in [2.45, 2.75) is 6.42 Å². The molecule has 0 spiro atoms. The van der Waals surface area contributed by atoms with Gasteiger partial charge in [-0.05, 0) is 40.5 Å². The summed E-state index contributed by atoms with van der Waals surface area (Å²) in [5, 5.41) is 3.74. The number of halogens is 2. The van der Waals surface area contributed by atoms with Crippen LogP contribution >= 0.6 is 38.9 Å². The van der Waals surface area contributed by atoms with Crippen molar-refractivity contribution in [2.75, 3.05) is 17.6 Å². The van der Waals surface area contributed by atoms with Crippen LogP contribution in [0.15, 0.2) is 28.2 Å². The minimum absolute atomic E-state index is 0.553. The molecule has 2 rings (SSSR count). The highest BCUT2D eigenvalue weighted by molar-refractivity contribution is 9.11. The third-order valence-electron chi connectivity index (χ3n) is 2.16. The van der Waals surface area contributed by atoms with Crippen LogP contribution in [0.5, 0.6) is 0 Å². The van der Waals surface area contributed by atoms with Crippen LogP contribution in [-0.4, -0.2) is 11.5 Å². The van der Waals surface area contributed by atoms with E-state index < -0.39 is 0 Å². The molecule has 3 nitrogen and oxygen atoms in total. The number of pyridine rings is 1. The molecule has 0 radical (unpaired) electrons. The van der Waals surface area contributed by atoms with Crippen molar-refractivity contribution in [1.29, 1.82) is 0 Å². The van der Waals surface area contributed by atoms with Crippen LogP contribution in [0.4, 0.5) is 11.5 Å². The maximum Gasteiger partial charge on any atom is 0.144 e. The van der Waals surface area contributed by atoms with Crippen molar-refractivity contribution in [3.8, 4) is 0 Å². The Hall–Kier alpha value is -0.780. The minimum Gasteiger partial charge on any atom is -0.397 e. The maximum atomic E-state index is 6.01. The van der Waals surface area contributed by atoms with Crippen molar-refractivity contribution < 1.29 is 0 Å². The molecule has 0 amide bonds. The van der Waals surface area contributed by atoms with Crippen LogP contribution < -0.4 is 11.1 Å². The fourth-order valence-electron chi connectivity index (χ4n) is 1.37. The fraction of sp³-hybridized carbons (Fsp3) is 0.182. The number of nitrogens with one attached hydrogen (secondary N) is 1. The first kappa shape index (κ1) is 12.7. The number of nitrogens with zero attached hydrogens (tertiary/aromatic N) is 1. The Morgan fingerprint density at radius 2 is 2.29 bits per heavy atom. The van der Waals surface area contributed by atoms with E-state index >= 15 is 0 Å². The summed E-state index contributed by atoms with van der Waals surface area (Å²) in [6.07, 6.45) is 2.54. The Kier molecular flexibility index (Phi) is 4.25. The number of thiophene rings is 1. The van der Waals surface area contributed by atoms with E-state index in [4.69, 9.17) is 17.3 Å². The molecule has 0 atom stereocenters. The highest BCUT2D eigenvalue weighted by atomic mass is 79.9. The van der Waals surface area contributed by atoms with Gasteiger partial charge < -0.3 is 11.1 Å². The van der Waals surface area contributed by atoms with E-state index in [1.807, 2.05) is 0 Å². The van der Waals surface area contributed by atoms with Crippen LogP contribution in [0, 0.1) is 0 Å². The van der Waals surface area contributed by atoms with Crippen molar-refractivity contribution in [3.63, 3.8) is 0 Å². The van der Waals surface area contributed by atoms with Crippen LogP contribution in [0.3, 0.4) is 0 Å². The zero-order valence-corrected chi connectivity index (χ0v) is 12.1. The minimum atomic E-state index is 0.553. The first-order valence-electron chi connectivity index (χ1n) is 5.04. The van der Waals surface area contributed by atoms with E-state index in [1.54, 1.807) is 23.6 Å². The highest BCUT2D eigenvalue weighted by Crippen LogP contribution is 2.23. The SMILES string of the molecule is Nc1cnc(NCCc2ccc(Br)s2)c(Cl)c1. The number of nitrogen functional groups attached to an aromatic ring is 1. The highest BCUT2D eigenvalue weighted by Gasteiger charge is 2.02. The van der Waals surface area contributed by atoms with Gasteiger partial charge in [-0.3, -0.25) is 0 Å². The normalized spacial score (nSPS) is 10.5. The monoisotopic (exact) mass is 331 g/mol. The number of hydrogen-bond donors (Lipinski definition) is 2. The van der Waals surface area contributed by atoms with E-state index in [1.165, 1.54) is 4.88 Å². The van der Waals surface area contributed by atoms with Crippen molar-refractivity contribution in [2.24, 2.45) is 0 Å². The molecule has 0 saturated heterocycles. The number of rotatable bonds is 4. The molecule has 0 unspecified atom stereocenters. The molecular formula is C11H11BrClN3S. The van der Waals surface area contributed by atoms with Gasteiger partial charge in [-0.2, -0.15) is 0 Å². The molecule has 17 heavy (non-hydrogen) atoms. The fourth-order valence-corrected chi connectivity index (χ4v) is 3.10. The maximum absolute atomic E-state index is 6.01. The molecule has 0 aromatic carbocycles. The van der Waals surface area contributed by atoms with Crippen LogP contribution in [-0.2, 0) is 6.42 Å². The second-order valence-corrected chi connectivity index (χ2v) is 6.44. The quantitative estimate of drug-likeness (QED) is 0.895. The van der Waals surface area contributed by atoms with Crippen LogP contribution in [0.2, 0.25) is 5.02 Å². The van der Waals surface area contributed by atoms with E-state index in [0.717, 1.165) is 16.8 Å². The first-order chi connectivity index (χ1) is 8.15. The molecule has 2 aromatic heterocycles. The van der Waals surface area contributed by atoms with Gasteiger partial charge in [0.1, 0.15) is 5.82 Å². The van der Waals surface area contributed by atoms with E-state index in [-0.39, 0.29) is 0 Å². The lowest BCUT2D eigenvalue weighted by Crippen LogP contribution is -2.06. The molecule has 0 aliphatic rings. The zero-order valence-electron chi connectivity index (χ0n) is 8.91. The molecule has 0 fully saturated rings. The Labute approximate surface area is 117 Å². The Morgan fingerprint density at radius 1 is 1.47 bits per heavy atom. The molecule has 90 valence electrons. The molecule has 6 heteroatoms. The summed E-state index contributed by atoms with van der Waals surface area (Å²) in [6.45, 7) is 0.795. The summed E-state index contributed by atoms with van der Waals surface area (Å²) in [5.74, 6) is 0.677. The molecule has 2 heterocycles. The summed E-state index contributed by atoms with van der Waals surface area (Å²) < 4.78 is 1.15. The number of anilines is 2. The van der Waals surface area contributed by atoms with E-state index in [0.29, 0.717) is 16.5 Å². The summed E-state index contributed by atoms with van der Waals surface area (Å²) in [7, 11) is 0. The molecule has 2 aromatic rings. The van der Waals surface area contributed by atoms with E-state index in [9.17, 15) is 0 Å². The number of nitrogens with two attached hydrogens (primary N) is 1. The third-order valence-corrected chi connectivity index (χ3v) is 4.13. The Balaban J connectivity index is 1.90. The lowest BCUT2D eigenvalue weighted by molar-refractivity contribution is 1.03. The first-order valence-corrected chi connectivity index (χ1v) is 7.03. The van der Waals surface area contributed by atoms with E-state index in [2.05, 4.69) is 38.4 Å². The molecule has 0 aliphatic heterocycles. The summed E-state index contributed by atoms with van der Waals surface area (Å²) in [4.78, 5) is 5.46. The number of aromatic nitrogens is 1. The average Bonchev–Trinajstić information content (AvgIpc) is 2.68. The van der Waals surface area contributed by atoms with Gasteiger partial charge in [-0.1, -0.05) is 11.6 Å². The van der Waals surface area contributed by atoms with Gasteiger partial charge in [0.15, 0.2) is 0 Å². The summed E-state index contributed by atoms with van der Waals surface area (Å²) in [5.41, 5.74) is 6.14. The Bertz CT molecular complexity index is 515.